The van der Waals surface area contributed by atoms with Crippen molar-refractivity contribution in [1.82, 2.24) is 20.4 Å². The van der Waals surface area contributed by atoms with Gasteiger partial charge in [0.1, 0.15) is 0 Å². The Morgan fingerprint density at radius 1 is 1.71 bits per heavy atom. The van der Waals surface area contributed by atoms with Crippen LogP contribution in [0, 0.1) is 0 Å². The van der Waals surface area contributed by atoms with E-state index in [-0.39, 0.29) is 12.6 Å². The maximum Gasteiger partial charge on any atom is 0.240 e. The number of hydrogen-bond donors (Lipinski definition) is 2. The summed E-state index contributed by atoms with van der Waals surface area (Å²) >= 11 is 0. The van der Waals surface area contributed by atoms with Crippen LogP contribution < -0.4 is 5.32 Å². The molecule has 6 nitrogen and oxygen atoms in total. The van der Waals surface area contributed by atoms with Gasteiger partial charge in [0.05, 0.1) is 13.2 Å². The SMILES string of the molecule is OCC1CN(Cc2ncno2)CCN1. The summed E-state index contributed by atoms with van der Waals surface area (Å²) in [6.45, 7) is 3.48. The van der Waals surface area contributed by atoms with Crippen LogP contribution in [-0.4, -0.2) is 52.4 Å². The monoisotopic (exact) mass is 198 g/mol. The van der Waals surface area contributed by atoms with Gasteiger partial charge < -0.3 is 14.9 Å². The van der Waals surface area contributed by atoms with Gasteiger partial charge in [0.15, 0.2) is 6.33 Å². The lowest BCUT2D eigenvalue weighted by atomic mass is 10.2. The maximum absolute atomic E-state index is 8.99. The molecule has 1 aromatic rings. The van der Waals surface area contributed by atoms with Crippen LogP contribution in [0.25, 0.3) is 0 Å². The van der Waals surface area contributed by atoms with Crippen molar-refractivity contribution < 1.29 is 9.63 Å². The standard InChI is InChI=1S/C8H14N4O2/c13-5-7-3-12(2-1-9-7)4-8-10-6-11-14-8/h6-7,9,13H,1-5H2. The Morgan fingerprint density at radius 3 is 3.36 bits per heavy atom. The lowest BCUT2D eigenvalue weighted by molar-refractivity contribution is 0.133. The van der Waals surface area contributed by atoms with E-state index in [9.17, 15) is 0 Å². The maximum atomic E-state index is 8.99. The number of aliphatic hydroxyl groups is 1. The molecule has 0 saturated carbocycles. The summed E-state index contributed by atoms with van der Waals surface area (Å²) in [5, 5.41) is 15.8. The fourth-order valence-electron chi connectivity index (χ4n) is 1.62. The van der Waals surface area contributed by atoms with E-state index in [0.717, 1.165) is 19.6 Å². The molecule has 0 aliphatic carbocycles. The molecule has 1 unspecified atom stereocenters. The molecular weight excluding hydrogens is 184 g/mol. The molecule has 2 rings (SSSR count). The zero-order valence-corrected chi connectivity index (χ0v) is 7.89. The van der Waals surface area contributed by atoms with Gasteiger partial charge in [-0.2, -0.15) is 4.98 Å². The number of hydrogen-bond acceptors (Lipinski definition) is 6. The average Bonchev–Trinajstić information content (AvgIpc) is 2.71. The minimum atomic E-state index is 0.159. The highest BCUT2D eigenvalue weighted by atomic mass is 16.5. The Bertz CT molecular complexity index is 264. The largest absolute Gasteiger partial charge is 0.395 e. The van der Waals surface area contributed by atoms with Crippen LogP contribution >= 0.6 is 0 Å². The fourth-order valence-corrected chi connectivity index (χ4v) is 1.62. The minimum Gasteiger partial charge on any atom is -0.395 e. The molecule has 6 heteroatoms. The van der Waals surface area contributed by atoms with Crippen LogP contribution in [0.5, 0.6) is 0 Å². The zero-order chi connectivity index (χ0) is 9.80. The molecule has 14 heavy (non-hydrogen) atoms. The molecule has 1 aliphatic rings. The van der Waals surface area contributed by atoms with E-state index in [1.165, 1.54) is 6.33 Å². The molecule has 2 heterocycles. The molecule has 1 fully saturated rings. The highest BCUT2D eigenvalue weighted by Crippen LogP contribution is 2.04. The summed E-state index contributed by atoms with van der Waals surface area (Å²) in [5.41, 5.74) is 0. The minimum absolute atomic E-state index is 0.159. The summed E-state index contributed by atoms with van der Waals surface area (Å²) in [6.07, 6.45) is 1.40. The Kier molecular flexibility index (Phi) is 3.07. The molecule has 78 valence electrons. The van der Waals surface area contributed by atoms with Gasteiger partial charge in [0, 0.05) is 25.7 Å². The molecule has 1 saturated heterocycles. The van der Waals surface area contributed by atoms with Crippen LogP contribution in [0.1, 0.15) is 5.89 Å². The number of nitrogens with one attached hydrogen (secondary N) is 1. The summed E-state index contributed by atoms with van der Waals surface area (Å²) in [4.78, 5) is 6.14. The van der Waals surface area contributed by atoms with E-state index >= 15 is 0 Å². The summed E-state index contributed by atoms with van der Waals surface area (Å²) < 4.78 is 4.92. The third-order valence-corrected chi connectivity index (χ3v) is 2.33. The van der Waals surface area contributed by atoms with Crippen LogP contribution in [-0.2, 0) is 6.54 Å². The van der Waals surface area contributed by atoms with E-state index in [4.69, 9.17) is 9.63 Å². The smallest absolute Gasteiger partial charge is 0.240 e. The van der Waals surface area contributed by atoms with Crippen LogP contribution in [0.3, 0.4) is 0 Å². The van der Waals surface area contributed by atoms with Crippen molar-refractivity contribution >= 4 is 0 Å². The first kappa shape index (κ1) is 9.57. The summed E-state index contributed by atoms with van der Waals surface area (Å²) in [6, 6.07) is 0.159. The zero-order valence-electron chi connectivity index (χ0n) is 7.89. The first-order chi connectivity index (χ1) is 6.88. The Morgan fingerprint density at radius 2 is 2.64 bits per heavy atom. The predicted molar refractivity (Wildman–Crippen MR) is 48.5 cm³/mol. The molecule has 1 atom stereocenters. The molecule has 0 radical (unpaired) electrons. The van der Waals surface area contributed by atoms with Crippen LogP contribution in [0.2, 0.25) is 0 Å². The normalized spacial score (nSPS) is 23.9. The molecular formula is C8H14N4O2. The lowest BCUT2D eigenvalue weighted by Gasteiger charge is -2.31. The van der Waals surface area contributed by atoms with Gasteiger partial charge >= 0.3 is 0 Å². The number of rotatable bonds is 3. The predicted octanol–water partition coefficient (Wildman–Crippen LogP) is -1.16. The molecule has 2 N–H and O–H groups in total. The van der Waals surface area contributed by atoms with E-state index < -0.39 is 0 Å². The molecule has 1 aromatic heterocycles. The van der Waals surface area contributed by atoms with Crippen LogP contribution in [0.4, 0.5) is 0 Å². The highest BCUT2D eigenvalue weighted by Gasteiger charge is 2.19. The van der Waals surface area contributed by atoms with Gasteiger partial charge in [0.25, 0.3) is 0 Å². The lowest BCUT2D eigenvalue weighted by Crippen LogP contribution is -2.51. The van der Waals surface area contributed by atoms with Crippen molar-refractivity contribution in [3.8, 4) is 0 Å². The Balaban J connectivity index is 1.86. The number of piperazine rings is 1. The number of aliphatic hydroxyl groups excluding tert-OH is 1. The van der Waals surface area contributed by atoms with Crippen molar-refractivity contribution in [2.24, 2.45) is 0 Å². The molecule has 0 aromatic carbocycles. The molecule has 1 aliphatic heterocycles. The third kappa shape index (κ3) is 2.28. The van der Waals surface area contributed by atoms with E-state index in [2.05, 4.69) is 20.4 Å². The Labute approximate surface area is 81.9 Å². The second kappa shape index (κ2) is 4.50. The molecule has 0 amide bonds. The van der Waals surface area contributed by atoms with Gasteiger partial charge in [-0.1, -0.05) is 5.16 Å². The van der Waals surface area contributed by atoms with Crippen LogP contribution in [0.15, 0.2) is 10.9 Å². The average molecular weight is 198 g/mol. The van der Waals surface area contributed by atoms with Gasteiger partial charge in [-0.15, -0.1) is 0 Å². The van der Waals surface area contributed by atoms with E-state index in [1.807, 2.05) is 0 Å². The third-order valence-electron chi connectivity index (χ3n) is 2.33. The number of nitrogens with zero attached hydrogens (tertiary/aromatic N) is 3. The van der Waals surface area contributed by atoms with Crippen molar-refractivity contribution in [1.29, 1.82) is 0 Å². The van der Waals surface area contributed by atoms with Crippen molar-refractivity contribution in [3.05, 3.63) is 12.2 Å². The Hall–Kier alpha value is -0.980. The molecule has 0 spiro atoms. The first-order valence-corrected chi connectivity index (χ1v) is 4.70. The van der Waals surface area contributed by atoms with Crippen molar-refractivity contribution in [2.75, 3.05) is 26.2 Å². The van der Waals surface area contributed by atoms with Crippen molar-refractivity contribution in [3.63, 3.8) is 0 Å². The second-order valence-electron chi connectivity index (χ2n) is 3.40. The second-order valence-corrected chi connectivity index (χ2v) is 3.40. The highest BCUT2D eigenvalue weighted by molar-refractivity contribution is 4.82. The fraction of sp³-hybridized carbons (Fsp3) is 0.750. The number of aromatic nitrogens is 2. The molecule has 0 bridgehead atoms. The quantitative estimate of drug-likeness (QED) is 0.638. The summed E-state index contributed by atoms with van der Waals surface area (Å²) in [7, 11) is 0. The summed E-state index contributed by atoms with van der Waals surface area (Å²) in [5.74, 6) is 0.628. The van der Waals surface area contributed by atoms with E-state index in [0.29, 0.717) is 12.4 Å². The van der Waals surface area contributed by atoms with Gasteiger partial charge in [0.2, 0.25) is 5.89 Å². The van der Waals surface area contributed by atoms with Gasteiger partial charge in [-0.25, -0.2) is 0 Å². The first-order valence-electron chi connectivity index (χ1n) is 4.70. The topological polar surface area (TPSA) is 74.4 Å². The van der Waals surface area contributed by atoms with Gasteiger partial charge in [-0.3, -0.25) is 4.90 Å². The van der Waals surface area contributed by atoms with Crippen molar-refractivity contribution in [2.45, 2.75) is 12.6 Å². The van der Waals surface area contributed by atoms with Gasteiger partial charge in [-0.05, 0) is 0 Å². The van der Waals surface area contributed by atoms with E-state index in [1.54, 1.807) is 0 Å².